The summed E-state index contributed by atoms with van der Waals surface area (Å²) in [4.78, 5) is 0. The predicted octanol–water partition coefficient (Wildman–Crippen LogP) is 4.71. The summed E-state index contributed by atoms with van der Waals surface area (Å²) in [5, 5.41) is 0.647. The van der Waals surface area contributed by atoms with Crippen LogP contribution in [0.1, 0.15) is 12.0 Å². The molecule has 0 N–H and O–H groups in total. The minimum absolute atomic E-state index is 0.0430. The van der Waals surface area contributed by atoms with Crippen molar-refractivity contribution < 1.29 is 17.9 Å². The second-order valence-electron chi connectivity index (χ2n) is 4.27. The first-order chi connectivity index (χ1) is 8.92. The van der Waals surface area contributed by atoms with Crippen molar-refractivity contribution in [2.75, 3.05) is 19.1 Å². The lowest BCUT2D eigenvalue weighted by atomic mass is 9.98. The van der Waals surface area contributed by atoms with E-state index >= 15 is 0 Å². The Morgan fingerprint density at radius 1 is 1.21 bits per heavy atom. The lowest BCUT2D eigenvalue weighted by Gasteiger charge is -2.15. The van der Waals surface area contributed by atoms with Gasteiger partial charge in [0.05, 0.1) is 0 Å². The molecular formula is C13H15Cl2F3O. The fourth-order valence-corrected chi connectivity index (χ4v) is 2.12. The van der Waals surface area contributed by atoms with Crippen LogP contribution in [0.25, 0.3) is 0 Å². The van der Waals surface area contributed by atoms with Crippen molar-refractivity contribution in [1.82, 2.24) is 0 Å². The highest BCUT2D eigenvalue weighted by Crippen LogP contribution is 2.22. The van der Waals surface area contributed by atoms with Gasteiger partial charge in [0.15, 0.2) is 0 Å². The van der Waals surface area contributed by atoms with Crippen LogP contribution >= 0.6 is 23.2 Å². The highest BCUT2D eigenvalue weighted by atomic mass is 35.5. The number of hydrogen-bond donors (Lipinski definition) is 0. The summed E-state index contributed by atoms with van der Waals surface area (Å²) in [7, 11) is 0. The first kappa shape index (κ1) is 16.6. The zero-order valence-corrected chi connectivity index (χ0v) is 11.7. The molecular weight excluding hydrogens is 300 g/mol. The summed E-state index contributed by atoms with van der Waals surface area (Å²) in [5.41, 5.74) is 0.950. The summed E-state index contributed by atoms with van der Waals surface area (Å²) in [6.07, 6.45) is -3.16. The zero-order chi connectivity index (χ0) is 14.3. The first-order valence-electron chi connectivity index (χ1n) is 5.86. The molecule has 1 aromatic carbocycles. The Morgan fingerprint density at radius 3 is 2.47 bits per heavy atom. The van der Waals surface area contributed by atoms with Crippen LogP contribution in [0.4, 0.5) is 13.2 Å². The molecule has 0 radical (unpaired) electrons. The lowest BCUT2D eigenvalue weighted by molar-refractivity contribution is -0.174. The Balaban J connectivity index is 2.36. The quantitative estimate of drug-likeness (QED) is 0.523. The van der Waals surface area contributed by atoms with Gasteiger partial charge in [0.1, 0.15) is 6.61 Å². The average molecular weight is 315 g/mol. The third-order valence-electron chi connectivity index (χ3n) is 2.62. The fraction of sp³-hybridized carbons (Fsp3) is 0.538. The summed E-state index contributed by atoms with van der Waals surface area (Å²) >= 11 is 11.8. The number of halogens is 5. The molecule has 19 heavy (non-hydrogen) atoms. The maximum absolute atomic E-state index is 11.9. The molecule has 1 nitrogen and oxygen atoms in total. The van der Waals surface area contributed by atoms with E-state index in [1.54, 1.807) is 6.07 Å². The van der Waals surface area contributed by atoms with Crippen molar-refractivity contribution in [3.05, 3.63) is 34.9 Å². The molecule has 0 saturated heterocycles. The van der Waals surface area contributed by atoms with Gasteiger partial charge < -0.3 is 4.74 Å². The van der Waals surface area contributed by atoms with Crippen LogP contribution in [0.15, 0.2) is 24.3 Å². The minimum atomic E-state index is -4.28. The molecule has 0 saturated carbocycles. The second kappa shape index (κ2) is 7.98. The van der Waals surface area contributed by atoms with E-state index in [-0.39, 0.29) is 12.5 Å². The van der Waals surface area contributed by atoms with Gasteiger partial charge in [-0.1, -0.05) is 29.8 Å². The van der Waals surface area contributed by atoms with Crippen molar-refractivity contribution >= 4 is 23.2 Å². The fourth-order valence-electron chi connectivity index (χ4n) is 1.65. The van der Waals surface area contributed by atoms with Gasteiger partial charge in [-0.15, -0.1) is 11.6 Å². The van der Waals surface area contributed by atoms with Crippen LogP contribution in [0.3, 0.4) is 0 Å². The predicted molar refractivity (Wildman–Crippen MR) is 70.9 cm³/mol. The standard InChI is InChI=1S/C13H15Cl2F3O/c14-8-10(5-6-19-9-13(16,17)18)7-11-3-1-2-4-12(11)15/h1-4,10H,5-9H2. The molecule has 0 aliphatic rings. The molecule has 6 heteroatoms. The summed E-state index contributed by atoms with van der Waals surface area (Å²) < 4.78 is 40.3. The third-order valence-corrected chi connectivity index (χ3v) is 3.43. The molecule has 0 bridgehead atoms. The number of hydrogen-bond acceptors (Lipinski definition) is 1. The van der Waals surface area contributed by atoms with Crippen LogP contribution in [-0.4, -0.2) is 25.3 Å². The van der Waals surface area contributed by atoms with Crippen LogP contribution in [0.5, 0.6) is 0 Å². The van der Waals surface area contributed by atoms with E-state index in [9.17, 15) is 13.2 Å². The van der Waals surface area contributed by atoms with Gasteiger partial charge >= 0.3 is 6.18 Å². The summed E-state index contributed by atoms with van der Waals surface area (Å²) in [6, 6.07) is 7.36. The van der Waals surface area contributed by atoms with Gasteiger partial charge in [-0.25, -0.2) is 0 Å². The highest BCUT2D eigenvalue weighted by Gasteiger charge is 2.27. The SMILES string of the molecule is FC(F)(F)COCCC(CCl)Cc1ccccc1Cl. The topological polar surface area (TPSA) is 9.23 Å². The number of ether oxygens (including phenoxy) is 1. The molecule has 1 atom stereocenters. The molecule has 0 heterocycles. The van der Waals surface area contributed by atoms with Gasteiger partial charge in [-0.05, 0) is 30.4 Å². The van der Waals surface area contributed by atoms with E-state index in [0.29, 0.717) is 23.7 Å². The normalized spacial score (nSPS) is 13.5. The Morgan fingerprint density at radius 2 is 1.89 bits per heavy atom. The van der Waals surface area contributed by atoms with Gasteiger partial charge in [-0.2, -0.15) is 13.2 Å². The molecule has 1 rings (SSSR count). The maximum Gasteiger partial charge on any atom is 0.411 e. The Kier molecular flexibility index (Phi) is 6.97. The Hall–Kier alpha value is -0.450. The van der Waals surface area contributed by atoms with Crippen molar-refractivity contribution in [3.63, 3.8) is 0 Å². The summed E-state index contributed by atoms with van der Waals surface area (Å²) in [5.74, 6) is 0.412. The average Bonchev–Trinajstić information content (AvgIpc) is 2.34. The molecule has 0 spiro atoms. The Bertz CT molecular complexity index is 382. The van der Waals surface area contributed by atoms with E-state index in [1.807, 2.05) is 18.2 Å². The number of benzene rings is 1. The smallest absolute Gasteiger partial charge is 0.372 e. The van der Waals surface area contributed by atoms with Crippen molar-refractivity contribution in [1.29, 1.82) is 0 Å². The van der Waals surface area contributed by atoms with E-state index in [2.05, 4.69) is 4.74 Å². The third kappa shape index (κ3) is 7.04. The van der Waals surface area contributed by atoms with Gasteiger partial charge in [0, 0.05) is 17.5 Å². The van der Waals surface area contributed by atoms with Crippen molar-refractivity contribution in [2.45, 2.75) is 19.0 Å². The zero-order valence-electron chi connectivity index (χ0n) is 10.2. The molecule has 108 valence electrons. The Labute approximate surface area is 120 Å². The van der Waals surface area contributed by atoms with Crippen molar-refractivity contribution in [2.24, 2.45) is 5.92 Å². The number of rotatable bonds is 7. The molecule has 0 aliphatic carbocycles. The largest absolute Gasteiger partial charge is 0.411 e. The van der Waals surface area contributed by atoms with E-state index in [4.69, 9.17) is 23.2 Å². The van der Waals surface area contributed by atoms with Gasteiger partial charge in [0.25, 0.3) is 0 Å². The molecule has 1 aromatic rings. The van der Waals surface area contributed by atoms with E-state index in [0.717, 1.165) is 5.56 Å². The van der Waals surface area contributed by atoms with Crippen LogP contribution in [0, 0.1) is 5.92 Å². The molecule has 0 aromatic heterocycles. The number of alkyl halides is 4. The molecule has 0 amide bonds. The minimum Gasteiger partial charge on any atom is -0.372 e. The van der Waals surface area contributed by atoms with Gasteiger partial charge in [0.2, 0.25) is 0 Å². The van der Waals surface area contributed by atoms with Crippen LogP contribution < -0.4 is 0 Å². The second-order valence-corrected chi connectivity index (χ2v) is 4.99. The van der Waals surface area contributed by atoms with Gasteiger partial charge in [-0.3, -0.25) is 0 Å². The van der Waals surface area contributed by atoms with E-state index < -0.39 is 12.8 Å². The van der Waals surface area contributed by atoms with Crippen molar-refractivity contribution in [3.8, 4) is 0 Å². The molecule has 0 fully saturated rings. The molecule has 1 unspecified atom stereocenters. The maximum atomic E-state index is 11.9. The van der Waals surface area contributed by atoms with Crippen LogP contribution in [-0.2, 0) is 11.2 Å². The first-order valence-corrected chi connectivity index (χ1v) is 6.77. The van der Waals surface area contributed by atoms with Crippen LogP contribution in [0.2, 0.25) is 5.02 Å². The highest BCUT2D eigenvalue weighted by molar-refractivity contribution is 6.31. The van der Waals surface area contributed by atoms with E-state index in [1.165, 1.54) is 0 Å². The summed E-state index contributed by atoms with van der Waals surface area (Å²) in [6.45, 7) is -1.17. The molecule has 0 aliphatic heterocycles. The monoisotopic (exact) mass is 314 g/mol. The lowest BCUT2D eigenvalue weighted by Crippen LogP contribution is -2.19.